The van der Waals surface area contributed by atoms with E-state index in [4.69, 9.17) is 4.98 Å². The molecule has 2 aromatic heterocycles. The lowest BCUT2D eigenvalue weighted by molar-refractivity contribution is 0.567. The van der Waals surface area contributed by atoms with E-state index >= 15 is 0 Å². The molecule has 0 unspecified atom stereocenters. The maximum absolute atomic E-state index is 4.74. The van der Waals surface area contributed by atoms with Crippen molar-refractivity contribution in [3.63, 3.8) is 0 Å². The Morgan fingerprint density at radius 3 is 2.80 bits per heavy atom. The minimum absolute atomic E-state index is 0.120. The van der Waals surface area contributed by atoms with Crippen LogP contribution < -0.4 is 5.32 Å². The normalized spacial score (nSPS) is 12.0. The van der Waals surface area contributed by atoms with Crippen molar-refractivity contribution in [2.24, 2.45) is 0 Å². The summed E-state index contributed by atoms with van der Waals surface area (Å²) < 4.78 is 2.17. The maximum atomic E-state index is 4.74. The molecule has 0 aromatic carbocycles. The molecule has 0 aliphatic rings. The van der Waals surface area contributed by atoms with Gasteiger partial charge in [-0.05, 0) is 13.0 Å². The molecule has 0 aliphatic carbocycles. The molecule has 0 aliphatic heterocycles. The first-order valence-corrected chi connectivity index (χ1v) is 8.04. The van der Waals surface area contributed by atoms with E-state index in [0.717, 1.165) is 36.9 Å². The number of rotatable bonds is 6. The number of nitrogens with one attached hydrogen (secondary N) is 1. The molecule has 110 valence electrons. The van der Waals surface area contributed by atoms with E-state index in [-0.39, 0.29) is 5.41 Å². The highest BCUT2D eigenvalue weighted by Crippen LogP contribution is 2.24. The molecule has 0 amide bonds. The average Bonchev–Trinajstić information content (AvgIpc) is 2.99. The molecule has 0 saturated heterocycles. The van der Waals surface area contributed by atoms with Crippen molar-refractivity contribution in [2.75, 3.05) is 6.54 Å². The van der Waals surface area contributed by atoms with Crippen LogP contribution in [-0.4, -0.2) is 21.1 Å². The van der Waals surface area contributed by atoms with E-state index in [1.54, 1.807) is 11.3 Å². The van der Waals surface area contributed by atoms with E-state index in [0.29, 0.717) is 0 Å². The molecular formula is C15H24N4S. The molecule has 0 fully saturated rings. The molecule has 20 heavy (non-hydrogen) atoms. The van der Waals surface area contributed by atoms with Crippen molar-refractivity contribution in [2.45, 2.75) is 52.6 Å². The Hall–Kier alpha value is -1.20. The second-order valence-electron chi connectivity index (χ2n) is 6.02. The topological polar surface area (TPSA) is 42.7 Å². The van der Waals surface area contributed by atoms with Crippen LogP contribution in [0.15, 0.2) is 17.8 Å². The first kappa shape index (κ1) is 15.2. The summed E-state index contributed by atoms with van der Waals surface area (Å²) in [7, 11) is 0. The van der Waals surface area contributed by atoms with Crippen LogP contribution in [0.1, 0.15) is 50.6 Å². The summed E-state index contributed by atoms with van der Waals surface area (Å²) in [5.74, 6) is 1.07. The van der Waals surface area contributed by atoms with E-state index in [9.17, 15) is 0 Å². The summed E-state index contributed by atoms with van der Waals surface area (Å²) in [5, 5.41) is 6.70. The van der Waals surface area contributed by atoms with Crippen LogP contribution in [0, 0.1) is 0 Å². The van der Waals surface area contributed by atoms with E-state index in [2.05, 4.69) is 47.9 Å². The van der Waals surface area contributed by atoms with Crippen molar-refractivity contribution < 1.29 is 0 Å². The predicted octanol–water partition coefficient (Wildman–Crippen LogP) is 3.19. The molecule has 0 saturated carbocycles. The molecule has 0 radical (unpaired) electrons. The van der Waals surface area contributed by atoms with Crippen LogP contribution in [0.2, 0.25) is 0 Å². The monoisotopic (exact) mass is 292 g/mol. The van der Waals surface area contributed by atoms with Crippen LogP contribution in [0.3, 0.4) is 0 Å². The molecule has 5 heteroatoms. The van der Waals surface area contributed by atoms with Gasteiger partial charge in [0.15, 0.2) is 0 Å². The summed E-state index contributed by atoms with van der Waals surface area (Å²) in [6.07, 6.45) is 5.03. The molecule has 0 bridgehead atoms. The van der Waals surface area contributed by atoms with Gasteiger partial charge in [-0.1, -0.05) is 27.7 Å². The lowest BCUT2D eigenvalue weighted by Crippen LogP contribution is -2.18. The zero-order chi connectivity index (χ0) is 14.6. The molecule has 2 aromatic rings. The molecule has 0 atom stereocenters. The number of hydrogen-bond donors (Lipinski definition) is 1. The number of thiazole rings is 1. The number of nitrogens with zero attached hydrogens (tertiary/aromatic N) is 3. The van der Waals surface area contributed by atoms with Gasteiger partial charge < -0.3 is 9.88 Å². The quantitative estimate of drug-likeness (QED) is 0.832. The van der Waals surface area contributed by atoms with E-state index < -0.39 is 0 Å². The fourth-order valence-corrected chi connectivity index (χ4v) is 2.92. The van der Waals surface area contributed by atoms with Gasteiger partial charge in [0.1, 0.15) is 10.8 Å². The van der Waals surface area contributed by atoms with Gasteiger partial charge in [0.05, 0.1) is 18.8 Å². The summed E-state index contributed by atoms with van der Waals surface area (Å²) >= 11 is 1.73. The van der Waals surface area contributed by atoms with Gasteiger partial charge in [0, 0.05) is 23.2 Å². The number of hydrogen-bond acceptors (Lipinski definition) is 4. The van der Waals surface area contributed by atoms with Crippen LogP contribution >= 0.6 is 11.3 Å². The highest BCUT2D eigenvalue weighted by molar-refractivity contribution is 7.09. The lowest BCUT2D eigenvalue weighted by atomic mass is 9.93. The van der Waals surface area contributed by atoms with Crippen LogP contribution in [0.25, 0.3) is 0 Å². The second-order valence-corrected chi connectivity index (χ2v) is 6.97. The van der Waals surface area contributed by atoms with Crippen molar-refractivity contribution in [1.29, 1.82) is 0 Å². The van der Waals surface area contributed by atoms with Crippen LogP contribution in [0.5, 0.6) is 0 Å². The summed E-state index contributed by atoms with van der Waals surface area (Å²) in [6.45, 7) is 11.4. The molecule has 2 rings (SSSR count). The second kappa shape index (κ2) is 6.50. The van der Waals surface area contributed by atoms with Gasteiger partial charge in [0.2, 0.25) is 0 Å². The Balaban J connectivity index is 2.03. The molecule has 4 nitrogen and oxygen atoms in total. The lowest BCUT2D eigenvalue weighted by Gasteiger charge is -2.14. The fourth-order valence-electron chi connectivity index (χ4n) is 1.90. The van der Waals surface area contributed by atoms with Crippen molar-refractivity contribution in [3.05, 3.63) is 34.3 Å². The summed E-state index contributed by atoms with van der Waals surface area (Å²) in [5.41, 5.74) is 1.29. The molecular weight excluding hydrogens is 268 g/mol. The third-order valence-corrected chi connectivity index (χ3v) is 3.97. The largest absolute Gasteiger partial charge is 0.327 e. The Kier molecular flexibility index (Phi) is 4.94. The van der Waals surface area contributed by atoms with Crippen molar-refractivity contribution >= 4 is 11.3 Å². The Bertz CT molecular complexity index is 536. The first-order chi connectivity index (χ1) is 9.50. The number of aromatic nitrogens is 3. The summed E-state index contributed by atoms with van der Waals surface area (Å²) in [6, 6.07) is 0. The van der Waals surface area contributed by atoms with Gasteiger partial charge in [0.25, 0.3) is 0 Å². The van der Waals surface area contributed by atoms with E-state index in [1.165, 1.54) is 5.69 Å². The van der Waals surface area contributed by atoms with Gasteiger partial charge in [-0.25, -0.2) is 9.97 Å². The Morgan fingerprint density at radius 2 is 2.15 bits per heavy atom. The van der Waals surface area contributed by atoms with Gasteiger partial charge in [-0.15, -0.1) is 11.3 Å². The minimum atomic E-state index is 0.120. The SMILES string of the molecule is CCCNCc1nccn1Cc1nc(C(C)(C)C)cs1. The smallest absolute Gasteiger partial charge is 0.123 e. The van der Waals surface area contributed by atoms with Crippen molar-refractivity contribution in [3.8, 4) is 0 Å². The van der Waals surface area contributed by atoms with Gasteiger partial charge in [-0.3, -0.25) is 0 Å². The van der Waals surface area contributed by atoms with Crippen molar-refractivity contribution in [1.82, 2.24) is 19.9 Å². The highest BCUT2D eigenvalue weighted by atomic mass is 32.1. The van der Waals surface area contributed by atoms with E-state index in [1.807, 2.05) is 12.4 Å². The third-order valence-electron chi connectivity index (χ3n) is 3.14. The van der Waals surface area contributed by atoms with Crippen LogP contribution in [-0.2, 0) is 18.5 Å². The number of imidazole rings is 1. The zero-order valence-electron chi connectivity index (χ0n) is 12.8. The third kappa shape index (κ3) is 3.90. The highest BCUT2D eigenvalue weighted by Gasteiger charge is 2.17. The Labute approximate surface area is 125 Å². The molecule has 1 N–H and O–H groups in total. The van der Waals surface area contributed by atoms with Crippen LogP contribution in [0.4, 0.5) is 0 Å². The fraction of sp³-hybridized carbons (Fsp3) is 0.600. The maximum Gasteiger partial charge on any atom is 0.123 e. The zero-order valence-corrected chi connectivity index (χ0v) is 13.6. The molecule has 2 heterocycles. The minimum Gasteiger partial charge on any atom is -0.327 e. The van der Waals surface area contributed by atoms with Gasteiger partial charge in [-0.2, -0.15) is 0 Å². The average molecular weight is 292 g/mol. The molecule has 0 spiro atoms. The predicted molar refractivity (Wildman–Crippen MR) is 84.1 cm³/mol. The summed E-state index contributed by atoms with van der Waals surface area (Å²) in [4.78, 5) is 9.16. The Morgan fingerprint density at radius 1 is 1.35 bits per heavy atom. The standard InChI is InChI=1S/C15H24N4S/c1-5-6-16-9-13-17-7-8-19(13)10-14-18-12(11-20-14)15(2,3)4/h7-8,11,16H,5-6,9-10H2,1-4H3. The van der Waals surface area contributed by atoms with Gasteiger partial charge >= 0.3 is 0 Å². The first-order valence-electron chi connectivity index (χ1n) is 7.16.